The third-order valence-electron chi connectivity index (χ3n) is 5.62. The highest BCUT2D eigenvalue weighted by atomic mass is 35.5. The highest BCUT2D eigenvalue weighted by Gasteiger charge is 2.27. The molecule has 0 amide bonds. The fourth-order valence-corrected chi connectivity index (χ4v) is 5.65. The average Bonchev–Trinajstić information content (AvgIpc) is 2.91. The molecule has 0 radical (unpaired) electrons. The summed E-state index contributed by atoms with van der Waals surface area (Å²) in [5.74, 6) is 1.11. The van der Waals surface area contributed by atoms with Gasteiger partial charge in [0, 0.05) is 31.4 Å². The lowest BCUT2D eigenvalue weighted by molar-refractivity contribution is 0.284. The van der Waals surface area contributed by atoms with Gasteiger partial charge >= 0.3 is 0 Å². The lowest BCUT2D eigenvalue weighted by Crippen LogP contribution is -2.33. The standard InChI is InChI=1S/C28H27ClN2O4S/c1-34-27-19-23(14-15-26(27)35-21-22-9-3-2-4-10-22)20-31(18-16-24-11-7-8-17-30-24)36(32,33)28-13-6-5-12-25(28)29/h2-15,17,19H,16,18,20-21H2,1H3. The molecule has 1 aromatic heterocycles. The molecule has 0 spiro atoms. The van der Waals surface area contributed by atoms with E-state index in [9.17, 15) is 8.42 Å². The summed E-state index contributed by atoms with van der Waals surface area (Å²) in [6.07, 6.45) is 2.15. The second kappa shape index (κ2) is 12.0. The molecule has 4 aromatic rings. The first-order valence-electron chi connectivity index (χ1n) is 11.5. The van der Waals surface area contributed by atoms with E-state index in [0.29, 0.717) is 24.5 Å². The lowest BCUT2D eigenvalue weighted by atomic mass is 10.2. The summed E-state index contributed by atoms with van der Waals surface area (Å²) >= 11 is 6.27. The molecule has 0 aliphatic heterocycles. The Morgan fingerprint density at radius 3 is 2.33 bits per heavy atom. The number of nitrogens with zero attached hydrogens (tertiary/aromatic N) is 2. The van der Waals surface area contributed by atoms with E-state index in [1.807, 2.05) is 54.6 Å². The number of benzene rings is 3. The predicted molar refractivity (Wildman–Crippen MR) is 141 cm³/mol. The van der Waals surface area contributed by atoms with Crippen LogP contribution in [0.4, 0.5) is 0 Å². The number of ether oxygens (including phenoxy) is 2. The Kier molecular flexibility index (Phi) is 8.59. The topological polar surface area (TPSA) is 68.7 Å². The fourth-order valence-electron chi connectivity index (χ4n) is 3.73. The first-order valence-corrected chi connectivity index (χ1v) is 13.3. The number of rotatable bonds is 11. The molecule has 0 saturated carbocycles. The van der Waals surface area contributed by atoms with Gasteiger partial charge in [0.05, 0.1) is 12.1 Å². The van der Waals surface area contributed by atoms with Crippen molar-refractivity contribution in [1.29, 1.82) is 0 Å². The van der Waals surface area contributed by atoms with E-state index in [0.717, 1.165) is 16.8 Å². The van der Waals surface area contributed by atoms with E-state index in [1.165, 1.54) is 10.4 Å². The Labute approximate surface area is 217 Å². The minimum Gasteiger partial charge on any atom is -0.493 e. The largest absolute Gasteiger partial charge is 0.493 e. The van der Waals surface area contributed by atoms with Gasteiger partial charge in [-0.1, -0.05) is 66.2 Å². The van der Waals surface area contributed by atoms with Crippen molar-refractivity contribution < 1.29 is 17.9 Å². The van der Waals surface area contributed by atoms with Crippen molar-refractivity contribution in [2.75, 3.05) is 13.7 Å². The van der Waals surface area contributed by atoms with Gasteiger partial charge in [-0.15, -0.1) is 0 Å². The third kappa shape index (κ3) is 6.43. The Bertz CT molecular complexity index is 1380. The molecule has 36 heavy (non-hydrogen) atoms. The van der Waals surface area contributed by atoms with Crippen molar-refractivity contribution >= 4 is 21.6 Å². The van der Waals surface area contributed by atoms with Crippen molar-refractivity contribution in [2.45, 2.75) is 24.5 Å². The zero-order chi connectivity index (χ0) is 25.4. The van der Waals surface area contributed by atoms with Crippen LogP contribution in [-0.4, -0.2) is 31.4 Å². The van der Waals surface area contributed by atoms with Gasteiger partial charge in [-0.05, 0) is 47.5 Å². The van der Waals surface area contributed by atoms with E-state index >= 15 is 0 Å². The van der Waals surface area contributed by atoms with Gasteiger partial charge in [0.1, 0.15) is 11.5 Å². The fraction of sp³-hybridized carbons (Fsp3) is 0.179. The minimum absolute atomic E-state index is 0.0717. The zero-order valence-corrected chi connectivity index (χ0v) is 21.5. The molecule has 0 atom stereocenters. The Morgan fingerprint density at radius 1 is 0.861 bits per heavy atom. The molecule has 4 rings (SSSR count). The highest BCUT2D eigenvalue weighted by Crippen LogP contribution is 2.31. The number of hydrogen-bond acceptors (Lipinski definition) is 5. The minimum atomic E-state index is -3.87. The van der Waals surface area contributed by atoms with Gasteiger partial charge in [0.15, 0.2) is 11.5 Å². The number of pyridine rings is 1. The van der Waals surface area contributed by atoms with Gasteiger partial charge < -0.3 is 9.47 Å². The van der Waals surface area contributed by atoms with E-state index in [2.05, 4.69) is 4.98 Å². The number of hydrogen-bond donors (Lipinski definition) is 0. The van der Waals surface area contributed by atoms with Crippen molar-refractivity contribution in [3.8, 4) is 11.5 Å². The first kappa shape index (κ1) is 25.7. The molecule has 0 aliphatic carbocycles. The highest BCUT2D eigenvalue weighted by molar-refractivity contribution is 7.89. The normalized spacial score (nSPS) is 11.4. The summed E-state index contributed by atoms with van der Waals surface area (Å²) in [4.78, 5) is 4.40. The van der Waals surface area contributed by atoms with E-state index in [4.69, 9.17) is 21.1 Å². The quantitative estimate of drug-likeness (QED) is 0.250. The van der Waals surface area contributed by atoms with Crippen molar-refractivity contribution in [3.05, 3.63) is 119 Å². The maximum atomic E-state index is 13.6. The molecule has 1 heterocycles. The summed E-state index contributed by atoms with van der Waals surface area (Å²) in [5, 5.41) is 0.183. The third-order valence-corrected chi connectivity index (χ3v) is 7.97. The second-order valence-electron chi connectivity index (χ2n) is 8.10. The molecule has 0 N–H and O–H groups in total. The van der Waals surface area contributed by atoms with Gasteiger partial charge in [0.2, 0.25) is 10.0 Å². The first-order chi connectivity index (χ1) is 17.5. The van der Waals surface area contributed by atoms with Crippen LogP contribution < -0.4 is 9.47 Å². The number of aromatic nitrogens is 1. The van der Waals surface area contributed by atoms with Crippen LogP contribution in [0.1, 0.15) is 16.8 Å². The lowest BCUT2D eigenvalue weighted by Gasteiger charge is -2.23. The molecular formula is C28H27ClN2O4S. The second-order valence-corrected chi connectivity index (χ2v) is 10.4. The average molecular weight is 523 g/mol. The van der Waals surface area contributed by atoms with Crippen molar-refractivity contribution in [2.24, 2.45) is 0 Å². The molecule has 0 fully saturated rings. The summed E-state index contributed by atoms with van der Waals surface area (Å²) < 4.78 is 40.2. The monoisotopic (exact) mass is 522 g/mol. The van der Waals surface area contributed by atoms with Crippen molar-refractivity contribution in [3.63, 3.8) is 0 Å². The summed E-state index contributed by atoms with van der Waals surface area (Å²) in [5.41, 5.74) is 2.60. The summed E-state index contributed by atoms with van der Waals surface area (Å²) in [6, 6.07) is 27.3. The van der Waals surface area contributed by atoms with Crippen LogP contribution in [0.3, 0.4) is 0 Å². The molecule has 186 valence electrons. The van der Waals surface area contributed by atoms with Gasteiger partial charge in [-0.2, -0.15) is 4.31 Å². The van der Waals surface area contributed by atoms with Crippen LogP contribution in [0.25, 0.3) is 0 Å². The molecule has 8 heteroatoms. The maximum absolute atomic E-state index is 13.6. The van der Waals surface area contributed by atoms with Crippen LogP contribution in [0, 0.1) is 0 Å². The van der Waals surface area contributed by atoms with Crippen molar-refractivity contribution in [1.82, 2.24) is 9.29 Å². The van der Waals surface area contributed by atoms with Gasteiger partial charge in [-0.25, -0.2) is 8.42 Å². The molecular weight excluding hydrogens is 496 g/mol. The molecule has 0 unspecified atom stereocenters. The predicted octanol–water partition coefficient (Wildman–Crippen LogP) is 5.76. The maximum Gasteiger partial charge on any atom is 0.244 e. The van der Waals surface area contributed by atoms with Crippen LogP contribution in [-0.2, 0) is 29.6 Å². The summed E-state index contributed by atoms with van der Waals surface area (Å²) in [6.45, 7) is 0.766. The SMILES string of the molecule is COc1cc(CN(CCc2ccccn2)S(=O)(=O)c2ccccc2Cl)ccc1OCc1ccccc1. The molecule has 0 saturated heterocycles. The number of sulfonamides is 1. The molecule has 0 aliphatic rings. The van der Waals surface area contributed by atoms with E-state index in [-0.39, 0.29) is 23.0 Å². The van der Waals surface area contributed by atoms with Crippen LogP contribution in [0.5, 0.6) is 11.5 Å². The molecule has 3 aromatic carbocycles. The molecule has 6 nitrogen and oxygen atoms in total. The summed E-state index contributed by atoms with van der Waals surface area (Å²) in [7, 11) is -2.31. The Hall–Kier alpha value is -3.39. The van der Waals surface area contributed by atoms with E-state index < -0.39 is 10.0 Å². The van der Waals surface area contributed by atoms with Crippen LogP contribution in [0.15, 0.2) is 102 Å². The van der Waals surface area contributed by atoms with E-state index in [1.54, 1.807) is 43.6 Å². The van der Waals surface area contributed by atoms with Crippen LogP contribution >= 0.6 is 11.6 Å². The Balaban J connectivity index is 1.58. The smallest absolute Gasteiger partial charge is 0.244 e. The van der Waals surface area contributed by atoms with Gasteiger partial charge in [0.25, 0.3) is 0 Å². The zero-order valence-electron chi connectivity index (χ0n) is 19.9. The Morgan fingerprint density at radius 2 is 1.61 bits per heavy atom. The number of halogens is 1. The van der Waals surface area contributed by atoms with Crippen LogP contribution in [0.2, 0.25) is 5.02 Å². The van der Waals surface area contributed by atoms with Gasteiger partial charge in [-0.3, -0.25) is 4.98 Å². The molecule has 0 bridgehead atoms. The number of methoxy groups -OCH3 is 1.